The lowest BCUT2D eigenvalue weighted by Gasteiger charge is -2.08. The van der Waals surface area contributed by atoms with Gasteiger partial charge in [0.2, 0.25) is 0 Å². The van der Waals surface area contributed by atoms with Gasteiger partial charge < -0.3 is 9.99 Å². The Morgan fingerprint density at radius 2 is 2.20 bits per heavy atom. The molecule has 0 aliphatic heterocycles. The molecule has 1 aromatic carbocycles. The van der Waals surface area contributed by atoms with Gasteiger partial charge in [-0.3, -0.25) is 10.6 Å². The summed E-state index contributed by atoms with van der Waals surface area (Å²) in [4.78, 5) is 15.3. The van der Waals surface area contributed by atoms with Gasteiger partial charge in [-0.05, 0) is 55.0 Å². The number of nitrogens with zero attached hydrogens (tertiary/aromatic N) is 2. The molecular weight excluding hydrogens is 312 g/mol. The molecule has 2 heterocycles. The maximum Gasteiger partial charge on any atom is 0.151 e. The van der Waals surface area contributed by atoms with Gasteiger partial charge in [0.15, 0.2) is 6.29 Å². The summed E-state index contributed by atoms with van der Waals surface area (Å²) in [6, 6.07) is 12.2. The molecule has 4 rings (SSSR count). The lowest BCUT2D eigenvalue weighted by atomic mass is 10.1. The molecule has 0 unspecified atom stereocenters. The van der Waals surface area contributed by atoms with E-state index in [2.05, 4.69) is 40.8 Å². The Labute approximate surface area is 146 Å². The van der Waals surface area contributed by atoms with Crippen LogP contribution in [0.2, 0.25) is 0 Å². The fraction of sp³-hybridized carbons (Fsp3) is 0.200. The first-order chi connectivity index (χ1) is 12.3. The zero-order valence-electron chi connectivity index (χ0n) is 13.9. The van der Waals surface area contributed by atoms with Crippen molar-refractivity contribution < 1.29 is 4.79 Å². The number of nitrogens with two attached hydrogens (primary N) is 1. The Balaban J connectivity index is 1.64. The highest BCUT2D eigenvalue weighted by molar-refractivity contribution is 5.85. The number of hydrogen-bond donors (Lipinski definition) is 2. The van der Waals surface area contributed by atoms with Crippen LogP contribution in [0.1, 0.15) is 28.8 Å². The van der Waals surface area contributed by atoms with Crippen LogP contribution in [0.5, 0.6) is 0 Å². The van der Waals surface area contributed by atoms with Gasteiger partial charge in [0.1, 0.15) is 5.65 Å². The van der Waals surface area contributed by atoms with Crippen LogP contribution in [0.25, 0.3) is 16.7 Å². The SMILES string of the molecule is NN/C(=C\Cc1cccc(-n2ccc3cc(C=O)cnc32)c1)C1CC1. The van der Waals surface area contributed by atoms with Crippen molar-refractivity contribution in [3.8, 4) is 5.69 Å². The Bertz CT molecular complexity index is 953. The number of nitrogens with one attached hydrogen (secondary N) is 1. The molecular formula is C20H20N4O. The number of aldehydes is 1. The summed E-state index contributed by atoms with van der Waals surface area (Å²) in [6.45, 7) is 0. The largest absolute Gasteiger partial charge is 0.328 e. The molecule has 1 fully saturated rings. The van der Waals surface area contributed by atoms with E-state index < -0.39 is 0 Å². The number of allylic oxidation sites excluding steroid dienone is 2. The minimum Gasteiger partial charge on any atom is -0.328 e. The molecule has 1 aliphatic carbocycles. The monoisotopic (exact) mass is 332 g/mol. The first-order valence-electron chi connectivity index (χ1n) is 8.47. The van der Waals surface area contributed by atoms with E-state index in [1.807, 2.05) is 22.9 Å². The number of rotatable bonds is 6. The second-order valence-electron chi connectivity index (χ2n) is 6.44. The molecule has 0 radical (unpaired) electrons. The summed E-state index contributed by atoms with van der Waals surface area (Å²) < 4.78 is 2.04. The van der Waals surface area contributed by atoms with Crippen LogP contribution in [0, 0.1) is 5.92 Å². The molecule has 25 heavy (non-hydrogen) atoms. The number of hydrazine groups is 1. The van der Waals surface area contributed by atoms with E-state index in [4.69, 9.17) is 5.84 Å². The third-order valence-corrected chi connectivity index (χ3v) is 4.61. The van der Waals surface area contributed by atoms with Crippen molar-refractivity contribution in [3.05, 3.63) is 71.7 Å². The average molecular weight is 332 g/mol. The summed E-state index contributed by atoms with van der Waals surface area (Å²) in [6.07, 6.45) is 9.87. The Morgan fingerprint density at radius 3 is 2.96 bits per heavy atom. The predicted octanol–water partition coefficient (Wildman–Crippen LogP) is 3.14. The van der Waals surface area contributed by atoms with Crippen LogP contribution >= 0.6 is 0 Å². The minimum absolute atomic E-state index is 0.589. The molecule has 0 atom stereocenters. The van der Waals surface area contributed by atoms with Crippen LogP contribution < -0.4 is 11.3 Å². The van der Waals surface area contributed by atoms with Gasteiger partial charge in [-0.2, -0.15) is 0 Å². The van der Waals surface area contributed by atoms with Gasteiger partial charge in [0.05, 0.1) is 0 Å². The third kappa shape index (κ3) is 3.19. The molecule has 0 bridgehead atoms. The number of pyridine rings is 1. The van der Waals surface area contributed by atoms with Crippen molar-refractivity contribution >= 4 is 17.3 Å². The van der Waals surface area contributed by atoms with E-state index >= 15 is 0 Å². The molecule has 3 N–H and O–H groups in total. The van der Waals surface area contributed by atoms with Crippen molar-refractivity contribution in [2.24, 2.45) is 11.8 Å². The van der Waals surface area contributed by atoms with E-state index in [1.54, 1.807) is 6.20 Å². The predicted molar refractivity (Wildman–Crippen MR) is 98.3 cm³/mol. The lowest BCUT2D eigenvalue weighted by molar-refractivity contribution is 0.112. The zero-order valence-corrected chi connectivity index (χ0v) is 13.9. The van der Waals surface area contributed by atoms with E-state index in [9.17, 15) is 4.79 Å². The first-order valence-corrected chi connectivity index (χ1v) is 8.47. The Hall–Kier alpha value is -2.92. The number of carbonyl (C=O) groups excluding carboxylic acids is 1. The van der Waals surface area contributed by atoms with E-state index in [0.29, 0.717) is 11.5 Å². The molecule has 3 aromatic rings. The molecule has 0 amide bonds. The minimum atomic E-state index is 0.589. The zero-order chi connectivity index (χ0) is 17.2. The highest BCUT2D eigenvalue weighted by Gasteiger charge is 2.25. The molecule has 1 saturated carbocycles. The van der Waals surface area contributed by atoms with Gasteiger partial charge in [-0.25, -0.2) is 4.98 Å². The van der Waals surface area contributed by atoms with Crippen molar-refractivity contribution in [2.75, 3.05) is 0 Å². The quantitative estimate of drug-likeness (QED) is 0.413. The summed E-state index contributed by atoms with van der Waals surface area (Å²) >= 11 is 0. The third-order valence-electron chi connectivity index (χ3n) is 4.61. The summed E-state index contributed by atoms with van der Waals surface area (Å²) in [5, 5.41) is 0.957. The fourth-order valence-corrected chi connectivity index (χ4v) is 3.11. The highest BCUT2D eigenvalue weighted by atomic mass is 16.1. The molecule has 0 saturated heterocycles. The van der Waals surface area contributed by atoms with E-state index in [-0.39, 0.29) is 0 Å². The van der Waals surface area contributed by atoms with Crippen molar-refractivity contribution in [1.82, 2.24) is 15.0 Å². The maximum absolute atomic E-state index is 10.9. The maximum atomic E-state index is 10.9. The van der Waals surface area contributed by atoms with Gasteiger partial charge >= 0.3 is 0 Å². The molecule has 5 nitrogen and oxygen atoms in total. The Morgan fingerprint density at radius 1 is 1.32 bits per heavy atom. The number of benzene rings is 1. The standard InChI is InChI=1S/C20H20N4O/c21-23-19(16-5-6-16)7-4-14-2-1-3-18(11-14)24-9-8-17-10-15(13-25)12-22-20(17)24/h1-3,7-13,16,23H,4-6,21H2/b19-7-. The first kappa shape index (κ1) is 15.6. The summed E-state index contributed by atoms with van der Waals surface area (Å²) in [5.41, 5.74) is 7.68. The molecule has 2 aromatic heterocycles. The normalized spacial score (nSPS) is 14.7. The number of fused-ring (bicyclic) bond motifs is 1. The van der Waals surface area contributed by atoms with Gasteiger partial charge in [0, 0.05) is 34.7 Å². The number of hydrogen-bond acceptors (Lipinski definition) is 4. The van der Waals surface area contributed by atoms with Crippen LogP contribution in [-0.2, 0) is 6.42 Å². The fourth-order valence-electron chi connectivity index (χ4n) is 3.11. The molecule has 126 valence electrons. The smallest absolute Gasteiger partial charge is 0.151 e. The van der Waals surface area contributed by atoms with Gasteiger partial charge in [0.25, 0.3) is 0 Å². The molecule has 5 heteroatoms. The van der Waals surface area contributed by atoms with Crippen molar-refractivity contribution in [3.63, 3.8) is 0 Å². The van der Waals surface area contributed by atoms with Gasteiger partial charge in [-0.1, -0.05) is 18.2 Å². The lowest BCUT2D eigenvalue weighted by Crippen LogP contribution is -2.22. The van der Waals surface area contributed by atoms with Crippen LogP contribution in [0.15, 0.2) is 60.6 Å². The summed E-state index contributed by atoms with van der Waals surface area (Å²) in [5.74, 6) is 6.22. The van der Waals surface area contributed by atoms with Crippen LogP contribution in [0.4, 0.5) is 0 Å². The topological polar surface area (TPSA) is 72.9 Å². The van der Waals surface area contributed by atoms with E-state index in [0.717, 1.165) is 35.1 Å². The summed E-state index contributed by atoms with van der Waals surface area (Å²) in [7, 11) is 0. The van der Waals surface area contributed by atoms with Crippen molar-refractivity contribution in [2.45, 2.75) is 19.3 Å². The number of aromatic nitrogens is 2. The van der Waals surface area contributed by atoms with Crippen molar-refractivity contribution in [1.29, 1.82) is 0 Å². The second-order valence-corrected chi connectivity index (χ2v) is 6.44. The van der Waals surface area contributed by atoms with Gasteiger partial charge in [-0.15, -0.1) is 0 Å². The number of carbonyl (C=O) groups is 1. The van der Waals surface area contributed by atoms with Crippen LogP contribution in [0.3, 0.4) is 0 Å². The van der Waals surface area contributed by atoms with E-state index in [1.165, 1.54) is 18.4 Å². The second kappa shape index (κ2) is 6.53. The molecule has 1 aliphatic rings. The van der Waals surface area contributed by atoms with Crippen LogP contribution in [-0.4, -0.2) is 15.8 Å². The Kier molecular flexibility index (Phi) is 4.07. The highest BCUT2D eigenvalue weighted by Crippen LogP contribution is 2.34. The average Bonchev–Trinajstić information content (AvgIpc) is 3.40. The molecule has 0 spiro atoms.